The van der Waals surface area contributed by atoms with Gasteiger partial charge in [-0.3, -0.25) is 4.79 Å². The highest BCUT2D eigenvalue weighted by atomic mass is 16.3. The Morgan fingerprint density at radius 2 is 2.26 bits per heavy atom. The predicted octanol–water partition coefficient (Wildman–Crippen LogP) is 2.35. The van der Waals surface area contributed by atoms with Crippen LogP contribution in [-0.2, 0) is 0 Å². The van der Waals surface area contributed by atoms with Gasteiger partial charge < -0.3 is 15.0 Å². The average Bonchev–Trinajstić information content (AvgIpc) is 2.74. The van der Waals surface area contributed by atoms with E-state index in [-0.39, 0.29) is 18.6 Å². The van der Waals surface area contributed by atoms with Crippen LogP contribution in [-0.4, -0.2) is 28.2 Å². The van der Waals surface area contributed by atoms with Crippen molar-refractivity contribution in [1.29, 1.82) is 0 Å². The van der Waals surface area contributed by atoms with Gasteiger partial charge in [0.05, 0.1) is 12.6 Å². The molecule has 106 valence electrons. The molecule has 1 unspecified atom stereocenters. The minimum Gasteiger partial charge on any atom is -0.394 e. The number of carbonyl (C=O) groups is 1. The summed E-state index contributed by atoms with van der Waals surface area (Å²) in [5.41, 5.74) is 0.715. The van der Waals surface area contributed by atoms with Crippen molar-refractivity contribution in [1.82, 2.24) is 9.88 Å². The van der Waals surface area contributed by atoms with E-state index in [2.05, 4.69) is 23.7 Å². The molecule has 0 aliphatic heterocycles. The minimum atomic E-state index is -0.155. The number of aliphatic hydroxyl groups is 1. The van der Waals surface area contributed by atoms with Crippen LogP contribution in [0, 0.1) is 5.92 Å². The highest BCUT2D eigenvalue weighted by Gasteiger charge is 2.24. The lowest BCUT2D eigenvalue weighted by atomic mass is 9.93. The van der Waals surface area contributed by atoms with Crippen LogP contribution in [0.3, 0.4) is 0 Å². The molecule has 0 aromatic carbocycles. The number of aromatic nitrogens is 1. The predicted molar refractivity (Wildman–Crippen MR) is 75.1 cm³/mol. The normalized spacial score (nSPS) is 17.3. The van der Waals surface area contributed by atoms with Gasteiger partial charge in [0.1, 0.15) is 5.69 Å². The zero-order valence-electron chi connectivity index (χ0n) is 11.8. The summed E-state index contributed by atoms with van der Waals surface area (Å²) in [6.07, 6.45) is 6.34. The summed E-state index contributed by atoms with van der Waals surface area (Å²) in [6, 6.07) is 4.10. The van der Waals surface area contributed by atoms with Crippen molar-refractivity contribution in [3.63, 3.8) is 0 Å². The molecule has 1 heterocycles. The Labute approximate surface area is 114 Å². The van der Waals surface area contributed by atoms with E-state index >= 15 is 0 Å². The first-order valence-corrected chi connectivity index (χ1v) is 7.20. The molecule has 1 amide bonds. The maximum atomic E-state index is 12.3. The minimum absolute atomic E-state index is 0.00590. The second-order valence-corrected chi connectivity index (χ2v) is 5.87. The van der Waals surface area contributed by atoms with Crippen LogP contribution in [0.1, 0.15) is 56.1 Å². The van der Waals surface area contributed by atoms with E-state index in [4.69, 9.17) is 0 Å². The summed E-state index contributed by atoms with van der Waals surface area (Å²) in [5.74, 6) is 0.382. The molecule has 2 rings (SSSR count). The molecular formula is C15H24N2O2. The Morgan fingerprint density at radius 1 is 1.53 bits per heavy atom. The lowest BCUT2D eigenvalue weighted by Crippen LogP contribution is -2.39. The molecule has 0 spiro atoms. The number of carbonyl (C=O) groups excluding carboxylic acids is 1. The number of hydrogen-bond donors (Lipinski definition) is 2. The molecular weight excluding hydrogens is 240 g/mol. The van der Waals surface area contributed by atoms with Gasteiger partial charge in [0.2, 0.25) is 0 Å². The van der Waals surface area contributed by atoms with Gasteiger partial charge in [0.25, 0.3) is 5.91 Å². The van der Waals surface area contributed by atoms with Crippen LogP contribution < -0.4 is 5.32 Å². The molecule has 1 aliphatic carbocycles. The van der Waals surface area contributed by atoms with Gasteiger partial charge in [-0.25, -0.2) is 0 Å². The third kappa shape index (κ3) is 3.38. The molecule has 0 radical (unpaired) electrons. The van der Waals surface area contributed by atoms with Gasteiger partial charge in [-0.15, -0.1) is 0 Å². The van der Waals surface area contributed by atoms with Gasteiger partial charge in [-0.1, -0.05) is 13.8 Å². The molecule has 1 aromatic heterocycles. The van der Waals surface area contributed by atoms with E-state index in [0.29, 0.717) is 17.7 Å². The highest BCUT2D eigenvalue weighted by molar-refractivity contribution is 5.93. The van der Waals surface area contributed by atoms with Crippen molar-refractivity contribution >= 4 is 5.91 Å². The Bertz CT molecular complexity index is 422. The number of nitrogens with zero attached hydrogens (tertiary/aromatic N) is 1. The summed E-state index contributed by atoms with van der Waals surface area (Å²) in [7, 11) is 0. The fraction of sp³-hybridized carbons (Fsp3) is 0.667. The highest BCUT2D eigenvalue weighted by Crippen LogP contribution is 2.32. The zero-order valence-corrected chi connectivity index (χ0v) is 11.8. The number of nitrogens with one attached hydrogen (secondary N) is 1. The molecule has 1 saturated carbocycles. The van der Waals surface area contributed by atoms with Crippen molar-refractivity contribution in [2.75, 3.05) is 6.61 Å². The summed E-state index contributed by atoms with van der Waals surface area (Å²) in [5, 5.41) is 12.3. The van der Waals surface area contributed by atoms with Crippen molar-refractivity contribution < 1.29 is 9.90 Å². The van der Waals surface area contributed by atoms with E-state index in [1.165, 1.54) is 6.42 Å². The van der Waals surface area contributed by atoms with Crippen LogP contribution in [0.25, 0.3) is 0 Å². The maximum absolute atomic E-state index is 12.3. The quantitative estimate of drug-likeness (QED) is 0.828. The van der Waals surface area contributed by atoms with Crippen LogP contribution >= 0.6 is 0 Å². The summed E-state index contributed by atoms with van der Waals surface area (Å²) >= 11 is 0. The Morgan fingerprint density at radius 3 is 2.79 bits per heavy atom. The van der Waals surface area contributed by atoms with Crippen molar-refractivity contribution in [2.24, 2.45) is 5.92 Å². The van der Waals surface area contributed by atoms with Gasteiger partial charge in [-0.2, -0.15) is 0 Å². The second-order valence-electron chi connectivity index (χ2n) is 5.87. The number of rotatable bonds is 6. The zero-order chi connectivity index (χ0) is 13.8. The van der Waals surface area contributed by atoms with Gasteiger partial charge in [0.15, 0.2) is 0 Å². The van der Waals surface area contributed by atoms with Crippen LogP contribution in [0.2, 0.25) is 0 Å². The molecule has 1 aromatic rings. The van der Waals surface area contributed by atoms with Crippen molar-refractivity contribution in [3.05, 3.63) is 24.0 Å². The SMILES string of the molecule is CC(C)CC(CO)NC(=O)c1cccn1C1CCC1. The van der Waals surface area contributed by atoms with E-state index < -0.39 is 0 Å². The third-order valence-electron chi connectivity index (χ3n) is 3.79. The molecule has 1 aliphatic rings. The van der Waals surface area contributed by atoms with Gasteiger partial charge in [0, 0.05) is 12.2 Å². The summed E-state index contributed by atoms with van der Waals surface area (Å²) < 4.78 is 2.07. The second kappa shape index (κ2) is 6.24. The van der Waals surface area contributed by atoms with Crippen LogP contribution in [0.15, 0.2) is 18.3 Å². The summed E-state index contributed by atoms with van der Waals surface area (Å²) in [4.78, 5) is 12.3. The van der Waals surface area contributed by atoms with E-state index in [1.54, 1.807) is 0 Å². The fourth-order valence-electron chi connectivity index (χ4n) is 2.58. The molecule has 1 fully saturated rings. The Kier molecular flexibility index (Phi) is 4.64. The van der Waals surface area contributed by atoms with Crippen LogP contribution in [0.5, 0.6) is 0 Å². The van der Waals surface area contributed by atoms with E-state index in [0.717, 1.165) is 19.3 Å². The Hall–Kier alpha value is -1.29. The van der Waals surface area contributed by atoms with Gasteiger partial charge in [-0.05, 0) is 43.7 Å². The fourth-order valence-corrected chi connectivity index (χ4v) is 2.58. The van der Waals surface area contributed by atoms with E-state index in [1.807, 2.05) is 18.3 Å². The standard InChI is InChI=1S/C15H24N2O2/c1-11(2)9-12(10-18)16-15(19)14-7-4-8-17(14)13-5-3-6-13/h4,7-8,11-13,18H,3,5-6,9-10H2,1-2H3,(H,16,19). The first-order valence-electron chi connectivity index (χ1n) is 7.20. The van der Waals surface area contributed by atoms with Crippen LogP contribution in [0.4, 0.5) is 0 Å². The number of amides is 1. The average molecular weight is 264 g/mol. The molecule has 1 atom stereocenters. The molecule has 19 heavy (non-hydrogen) atoms. The number of aliphatic hydroxyl groups excluding tert-OH is 1. The topological polar surface area (TPSA) is 54.3 Å². The molecule has 2 N–H and O–H groups in total. The van der Waals surface area contributed by atoms with Crippen molar-refractivity contribution in [3.8, 4) is 0 Å². The van der Waals surface area contributed by atoms with E-state index in [9.17, 15) is 9.90 Å². The third-order valence-corrected chi connectivity index (χ3v) is 3.79. The van der Waals surface area contributed by atoms with Gasteiger partial charge >= 0.3 is 0 Å². The molecule has 4 nitrogen and oxygen atoms in total. The first kappa shape index (κ1) is 14.1. The first-order chi connectivity index (χ1) is 9.11. The summed E-state index contributed by atoms with van der Waals surface area (Å²) in [6.45, 7) is 4.17. The maximum Gasteiger partial charge on any atom is 0.268 e. The lowest BCUT2D eigenvalue weighted by Gasteiger charge is -2.29. The lowest BCUT2D eigenvalue weighted by molar-refractivity contribution is 0.0893. The Balaban J connectivity index is 2.00. The monoisotopic (exact) mass is 264 g/mol. The number of hydrogen-bond acceptors (Lipinski definition) is 2. The smallest absolute Gasteiger partial charge is 0.268 e. The van der Waals surface area contributed by atoms with Crippen molar-refractivity contribution in [2.45, 2.75) is 51.6 Å². The molecule has 0 bridgehead atoms. The molecule has 4 heteroatoms. The largest absolute Gasteiger partial charge is 0.394 e. The molecule has 0 saturated heterocycles.